The van der Waals surface area contributed by atoms with Gasteiger partial charge in [0, 0.05) is 36.3 Å². The van der Waals surface area contributed by atoms with Gasteiger partial charge in [-0.05, 0) is 472 Å². The average molecular weight is 1700 g/mol. The largest absolute Gasteiger partial charge is 0.294 e. The maximum atomic E-state index is 3.60. The lowest BCUT2D eigenvalue weighted by atomic mass is 9.42. The third kappa shape index (κ3) is 21.4. The highest BCUT2D eigenvalue weighted by Crippen LogP contribution is 2.67. The van der Waals surface area contributed by atoms with Gasteiger partial charge in [-0.25, -0.2) is 0 Å². The summed E-state index contributed by atoms with van der Waals surface area (Å²) < 4.78 is 0. The molecule has 0 aromatic heterocycles. The second-order valence-electron chi connectivity index (χ2n) is 52.7. The van der Waals surface area contributed by atoms with Crippen molar-refractivity contribution in [3.8, 4) is 0 Å². The summed E-state index contributed by atoms with van der Waals surface area (Å²) in [6.07, 6.45) is 116. The molecule has 0 spiro atoms. The van der Waals surface area contributed by atoms with Crippen LogP contribution in [0.15, 0.2) is 46.6 Å². The van der Waals surface area contributed by atoms with Crippen LogP contribution in [0.1, 0.15) is 492 Å². The third-order valence-electron chi connectivity index (χ3n) is 45.2. The van der Waals surface area contributed by atoms with E-state index in [4.69, 9.17) is 0 Å². The Morgan fingerprint density at radius 2 is 0.315 bits per heavy atom. The van der Waals surface area contributed by atoms with Gasteiger partial charge < -0.3 is 0 Å². The number of nitrogens with zero attached hydrogens (tertiary/aromatic N) is 2. The Bertz CT molecular complexity index is 2820. The fourth-order valence-electron chi connectivity index (χ4n) is 38.1. The molecule has 19 rings (SSSR count). The van der Waals surface area contributed by atoms with Crippen molar-refractivity contribution in [2.45, 2.75) is 528 Å². The first kappa shape index (κ1) is 92.0. The molecule has 0 aromatic carbocycles. The molecule has 12 atom stereocenters. The monoisotopic (exact) mass is 1700 g/mol. The average Bonchev–Trinajstić information content (AvgIpc) is 0.715. The summed E-state index contributed by atoms with van der Waals surface area (Å²) in [5.74, 6) is 30.4. The summed E-state index contributed by atoms with van der Waals surface area (Å²) in [4.78, 5) is 7.20. The highest BCUT2D eigenvalue weighted by Gasteiger charge is 2.61. The molecule has 0 heterocycles. The van der Waals surface area contributed by atoms with E-state index in [1.807, 2.05) is 22.3 Å². The molecular weight excluding hydrogens is 1490 g/mol. The molecule has 19 fully saturated rings. The second-order valence-corrected chi connectivity index (χ2v) is 52.7. The fraction of sp³-hybridized carbons (Fsp3) is 0.934. The van der Waals surface area contributed by atoms with Crippen LogP contribution in [0, 0.1) is 189 Å². The molecule has 2 heteroatoms. The molecule has 0 aliphatic heterocycles. The molecule has 19 saturated carbocycles. The standard InChI is InChI=1S/C122H202N2/c1-81-25-49-93(50-26-81)115(94-51-27-82(2)28-52-94)77-89-41-65-101(66-42-89)123(102-67-43-90(44-68-102)78-116(95-53-29-83(3)30-54-95)96-55-31-84(4)32-56-96)119-75-73-113(105-17-9-11-19-107(105)119)121-109-21-13-15-23-111(109)122(112-24-16-14-22-110(112)121)114-74-76-120(108-20-12-10-18-106(108)114)124(103-69-45-91(46-70-103)79-117(97-57-33-85(5)34-58-97)98-59-35-86(6)36-60-98)104-71-47-92(48-72-104)80-118(99-61-37-87(7)38-62-99)100-63-39-88(8)40-64-100/h77-114,119-122H,9-76H2,1-8H3. The van der Waals surface area contributed by atoms with Crippen LogP contribution >= 0.6 is 0 Å². The summed E-state index contributed by atoms with van der Waals surface area (Å²) in [7, 11) is 0. The van der Waals surface area contributed by atoms with Crippen LogP contribution in [0.5, 0.6) is 0 Å². The van der Waals surface area contributed by atoms with Crippen molar-refractivity contribution < 1.29 is 0 Å². The van der Waals surface area contributed by atoms with Gasteiger partial charge in [-0.15, -0.1) is 0 Å². The van der Waals surface area contributed by atoms with Crippen LogP contribution in [0.3, 0.4) is 0 Å². The molecular formula is C122H202N2. The quantitative estimate of drug-likeness (QED) is 0.112. The lowest BCUT2D eigenvalue weighted by molar-refractivity contribution is -0.156. The summed E-state index contributed by atoms with van der Waals surface area (Å²) in [6, 6.07) is 5.04. The Kier molecular flexibility index (Phi) is 32.1. The topological polar surface area (TPSA) is 6.48 Å². The number of fused-ring (bicyclic) bond motifs is 4. The number of rotatable bonds is 20. The first-order valence-corrected chi connectivity index (χ1v) is 59.1. The Morgan fingerprint density at radius 1 is 0.153 bits per heavy atom. The van der Waals surface area contributed by atoms with Crippen LogP contribution in [0.4, 0.5) is 0 Å². The summed E-state index contributed by atoms with van der Waals surface area (Å²) >= 11 is 0. The molecule has 0 radical (unpaired) electrons. The van der Waals surface area contributed by atoms with Crippen LogP contribution in [-0.4, -0.2) is 46.1 Å². The van der Waals surface area contributed by atoms with Crippen LogP contribution in [0.2, 0.25) is 0 Å². The molecule has 0 aromatic rings. The number of allylic oxidation sites excluding steroid dienone is 8. The highest BCUT2D eigenvalue weighted by atomic mass is 15.2. The molecule has 12 unspecified atom stereocenters. The maximum Gasteiger partial charge on any atom is 0.0132 e. The van der Waals surface area contributed by atoms with E-state index >= 15 is 0 Å². The maximum absolute atomic E-state index is 3.60. The Hall–Kier alpha value is -1.12. The van der Waals surface area contributed by atoms with E-state index in [9.17, 15) is 0 Å². The van der Waals surface area contributed by atoms with E-state index in [1.165, 1.54) is 308 Å². The Balaban J connectivity index is 0.586. The van der Waals surface area contributed by atoms with E-state index in [-0.39, 0.29) is 0 Å². The van der Waals surface area contributed by atoms with Gasteiger partial charge in [0.2, 0.25) is 0 Å². The van der Waals surface area contributed by atoms with Gasteiger partial charge in [0.25, 0.3) is 0 Å². The van der Waals surface area contributed by atoms with Crippen LogP contribution in [-0.2, 0) is 0 Å². The Labute approximate surface area is 769 Å². The van der Waals surface area contributed by atoms with E-state index in [0.717, 1.165) is 226 Å². The molecule has 0 bridgehead atoms. The minimum atomic E-state index is 0.831. The SMILES string of the molecule is CC1CCC(C(=CC2CCC(N(C3CCC(C=C(C4CCC(C)CC4)C4CCC(C)CC4)CC3)C3CCC(C4C5CCCCC5C(C5CCC(N(C6CCC(C=C(C7CCC(C)CC7)C7CCC(C)CC7)CC6)C6CCC(C=C(C7CCC(C)CC7)C7CCC(C)CC7)CC6)C6CCCCC56)C5CCCCC54)C4CCCCC43)CC2)C2CCC(C)CC2)CC1. The zero-order chi connectivity index (χ0) is 84.3. The zero-order valence-electron chi connectivity index (χ0n) is 83.2. The van der Waals surface area contributed by atoms with Crippen molar-refractivity contribution in [3.05, 3.63) is 46.6 Å². The molecule has 0 N–H and O–H groups in total. The minimum Gasteiger partial charge on any atom is -0.294 e. The predicted molar refractivity (Wildman–Crippen MR) is 530 cm³/mol. The molecule has 0 saturated heterocycles. The third-order valence-corrected chi connectivity index (χ3v) is 45.2. The summed E-state index contributed by atoms with van der Waals surface area (Å²) in [5, 5.41) is 0. The van der Waals surface area contributed by atoms with Gasteiger partial charge in [-0.3, -0.25) is 9.80 Å². The lowest BCUT2D eigenvalue weighted by Crippen LogP contribution is -2.61. The second kappa shape index (κ2) is 43.3. The van der Waals surface area contributed by atoms with Gasteiger partial charge in [0.1, 0.15) is 0 Å². The van der Waals surface area contributed by atoms with Gasteiger partial charge in [0.15, 0.2) is 0 Å². The first-order chi connectivity index (χ1) is 60.7. The van der Waals surface area contributed by atoms with Crippen LogP contribution < -0.4 is 0 Å². The van der Waals surface area contributed by atoms with E-state index in [1.54, 1.807) is 128 Å². The van der Waals surface area contributed by atoms with Gasteiger partial charge in [0.05, 0.1) is 0 Å². The predicted octanol–water partition coefficient (Wildman–Crippen LogP) is 35.2. The highest BCUT2D eigenvalue weighted by molar-refractivity contribution is 5.22. The van der Waals surface area contributed by atoms with Crippen molar-refractivity contribution in [2.24, 2.45) is 189 Å². The smallest absolute Gasteiger partial charge is 0.0132 e. The van der Waals surface area contributed by atoms with Crippen molar-refractivity contribution >= 4 is 0 Å². The summed E-state index contributed by atoms with van der Waals surface area (Å²) in [6.45, 7) is 20.6. The molecule has 0 amide bonds. The van der Waals surface area contributed by atoms with Crippen molar-refractivity contribution in [1.82, 2.24) is 9.80 Å². The molecule has 124 heavy (non-hydrogen) atoms. The number of hydrogen-bond donors (Lipinski definition) is 0. The van der Waals surface area contributed by atoms with Crippen molar-refractivity contribution in [1.29, 1.82) is 0 Å². The lowest BCUT2D eigenvalue weighted by Gasteiger charge is -2.64. The van der Waals surface area contributed by atoms with Crippen LogP contribution in [0.25, 0.3) is 0 Å². The molecule has 19 aliphatic rings. The summed E-state index contributed by atoms with van der Waals surface area (Å²) in [5.41, 5.74) is 8.11. The van der Waals surface area contributed by atoms with E-state index < -0.39 is 0 Å². The molecule has 2 nitrogen and oxygen atoms in total. The normalized spacial score (nSPS) is 47.7. The van der Waals surface area contributed by atoms with E-state index in [2.05, 4.69) is 89.5 Å². The minimum absolute atomic E-state index is 0.831. The number of hydrogen-bond acceptors (Lipinski definition) is 2. The molecule has 19 aliphatic carbocycles. The first-order valence-electron chi connectivity index (χ1n) is 59.1. The van der Waals surface area contributed by atoms with Gasteiger partial charge in [-0.2, -0.15) is 0 Å². The van der Waals surface area contributed by atoms with Gasteiger partial charge >= 0.3 is 0 Å². The zero-order valence-corrected chi connectivity index (χ0v) is 83.2. The van der Waals surface area contributed by atoms with Crippen molar-refractivity contribution in [3.63, 3.8) is 0 Å². The molecule has 700 valence electrons. The van der Waals surface area contributed by atoms with E-state index in [0.29, 0.717) is 0 Å². The fourth-order valence-corrected chi connectivity index (χ4v) is 38.1. The van der Waals surface area contributed by atoms with Crippen molar-refractivity contribution in [2.75, 3.05) is 0 Å². The Morgan fingerprint density at radius 3 is 0.500 bits per heavy atom. The van der Waals surface area contributed by atoms with Gasteiger partial charge in [-0.1, -0.05) is 256 Å².